The Morgan fingerprint density at radius 2 is 1.88 bits per heavy atom. The zero-order valence-corrected chi connectivity index (χ0v) is 9.03. The number of nitrogens with one attached hydrogen (secondary N) is 1. The smallest absolute Gasteiger partial charge is 0.255 e. The summed E-state index contributed by atoms with van der Waals surface area (Å²) in [6, 6.07) is 17.8. The van der Waals surface area contributed by atoms with Crippen molar-refractivity contribution in [2.45, 2.75) is 6.92 Å². The Balaban J connectivity index is 2.19. The van der Waals surface area contributed by atoms with E-state index >= 15 is 0 Å². The third kappa shape index (κ3) is 2.28. The summed E-state index contributed by atoms with van der Waals surface area (Å²) < 4.78 is 0. The first-order chi connectivity index (χ1) is 7.77. The number of amides is 1. The minimum atomic E-state index is -0.0967. The number of anilines is 1. The number of para-hydroxylation sites is 1. The molecule has 0 saturated carbocycles. The van der Waals surface area contributed by atoms with Crippen molar-refractivity contribution in [3.05, 3.63) is 65.7 Å². The van der Waals surface area contributed by atoms with Crippen molar-refractivity contribution < 1.29 is 4.79 Å². The molecule has 0 fully saturated rings. The van der Waals surface area contributed by atoms with Crippen LogP contribution in [0.25, 0.3) is 0 Å². The Morgan fingerprint density at radius 3 is 2.56 bits per heavy atom. The van der Waals surface area contributed by atoms with Crippen LogP contribution in [0.4, 0.5) is 5.69 Å². The highest BCUT2D eigenvalue weighted by Gasteiger charge is 2.07. The van der Waals surface area contributed by atoms with Crippen molar-refractivity contribution in [1.82, 2.24) is 0 Å². The van der Waals surface area contributed by atoms with Crippen molar-refractivity contribution in [3.8, 4) is 0 Å². The Bertz CT molecular complexity index is 491. The Hall–Kier alpha value is -2.09. The van der Waals surface area contributed by atoms with Crippen LogP contribution in [0, 0.1) is 13.0 Å². The highest BCUT2D eigenvalue weighted by atomic mass is 16.1. The largest absolute Gasteiger partial charge is 0.321 e. The van der Waals surface area contributed by atoms with Crippen LogP contribution in [0.2, 0.25) is 0 Å². The van der Waals surface area contributed by atoms with Crippen LogP contribution < -0.4 is 5.32 Å². The highest BCUT2D eigenvalue weighted by Crippen LogP contribution is 2.11. The number of hydrogen-bond donors (Lipinski definition) is 1. The Labute approximate surface area is 94.9 Å². The molecule has 16 heavy (non-hydrogen) atoms. The second-order valence-electron chi connectivity index (χ2n) is 3.55. The molecule has 2 nitrogen and oxygen atoms in total. The second-order valence-corrected chi connectivity index (χ2v) is 3.55. The first kappa shape index (κ1) is 10.4. The van der Waals surface area contributed by atoms with Crippen LogP contribution in [0.5, 0.6) is 0 Å². The lowest BCUT2D eigenvalue weighted by atomic mass is 10.1. The maximum absolute atomic E-state index is 11.9. The fourth-order valence-corrected chi connectivity index (χ4v) is 1.49. The highest BCUT2D eigenvalue weighted by molar-refractivity contribution is 6.05. The van der Waals surface area contributed by atoms with E-state index in [4.69, 9.17) is 0 Å². The van der Waals surface area contributed by atoms with Gasteiger partial charge in [-0.2, -0.15) is 0 Å². The van der Waals surface area contributed by atoms with E-state index in [2.05, 4.69) is 11.4 Å². The fraction of sp³-hybridized carbons (Fsp3) is 0.0714. The molecule has 0 saturated heterocycles. The molecule has 0 aliphatic heterocycles. The molecule has 0 atom stereocenters. The zero-order chi connectivity index (χ0) is 11.4. The molecular formula is C14H12NO. The molecule has 1 amide bonds. The summed E-state index contributed by atoms with van der Waals surface area (Å²) in [5.74, 6) is -0.0967. The lowest BCUT2D eigenvalue weighted by Crippen LogP contribution is -2.13. The van der Waals surface area contributed by atoms with Gasteiger partial charge in [0.1, 0.15) is 0 Å². The van der Waals surface area contributed by atoms with Crippen LogP contribution in [0.15, 0.2) is 48.5 Å². The first-order valence-electron chi connectivity index (χ1n) is 5.11. The van der Waals surface area contributed by atoms with E-state index in [0.717, 1.165) is 5.56 Å². The number of carbonyl (C=O) groups excluding carboxylic acids is 1. The summed E-state index contributed by atoms with van der Waals surface area (Å²) in [6.45, 7) is 1.92. The molecule has 1 N–H and O–H groups in total. The number of benzene rings is 2. The predicted octanol–water partition coefficient (Wildman–Crippen LogP) is 3.05. The first-order valence-corrected chi connectivity index (χ1v) is 5.11. The van der Waals surface area contributed by atoms with Gasteiger partial charge in [-0.1, -0.05) is 36.4 Å². The Kier molecular flexibility index (Phi) is 3.01. The van der Waals surface area contributed by atoms with Crippen molar-refractivity contribution in [2.75, 3.05) is 5.32 Å². The van der Waals surface area contributed by atoms with Crippen LogP contribution in [-0.4, -0.2) is 5.91 Å². The van der Waals surface area contributed by atoms with E-state index in [1.807, 2.05) is 49.4 Å². The SMILES string of the molecule is Cc1ccccc1C(=O)Nc1[c]cccc1. The summed E-state index contributed by atoms with van der Waals surface area (Å²) in [7, 11) is 0. The van der Waals surface area contributed by atoms with Gasteiger partial charge in [0.25, 0.3) is 5.91 Å². The van der Waals surface area contributed by atoms with Gasteiger partial charge < -0.3 is 5.32 Å². The monoisotopic (exact) mass is 210 g/mol. The van der Waals surface area contributed by atoms with Gasteiger partial charge in [0.2, 0.25) is 0 Å². The van der Waals surface area contributed by atoms with E-state index in [-0.39, 0.29) is 5.91 Å². The maximum atomic E-state index is 11.9. The fourth-order valence-electron chi connectivity index (χ4n) is 1.49. The van der Waals surface area contributed by atoms with Gasteiger partial charge in [0.15, 0.2) is 0 Å². The number of carbonyl (C=O) groups is 1. The van der Waals surface area contributed by atoms with Crippen LogP contribution >= 0.6 is 0 Å². The molecule has 0 spiro atoms. The molecule has 2 aromatic rings. The van der Waals surface area contributed by atoms with Crippen LogP contribution in [-0.2, 0) is 0 Å². The quantitative estimate of drug-likeness (QED) is 0.811. The molecule has 0 bridgehead atoms. The molecule has 1 radical (unpaired) electrons. The van der Waals surface area contributed by atoms with Gasteiger partial charge in [-0.15, -0.1) is 0 Å². The minimum absolute atomic E-state index is 0.0967. The number of rotatable bonds is 2. The predicted molar refractivity (Wildman–Crippen MR) is 64.4 cm³/mol. The van der Waals surface area contributed by atoms with Crippen molar-refractivity contribution in [1.29, 1.82) is 0 Å². The van der Waals surface area contributed by atoms with Gasteiger partial charge in [0, 0.05) is 17.3 Å². The lowest BCUT2D eigenvalue weighted by Gasteiger charge is -2.06. The van der Waals surface area contributed by atoms with Gasteiger partial charge in [-0.3, -0.25) is 4.79 Å². The van der Waals surface area contributed by atoms with E-state index in [1.54, 1.807) is 6.07 Å². The molecule has 2 aromatic carbocycles. The topological polar surface area (TPSA) is 29.1 Å². The van der Waals surface area contributed by atoms with Crippen molar-refractivity contribution in [3.63, 3.8) is 0 Å². The van der Waals surface area contributed by atoms with Crippen molar-refractivity contribution in [2.24, 2.45) is 0 Å². The lowest BCUT2D eigenvalue weighted by molar-refractivity contribution is 0.102. The van der Waals surface area contributed by atoms with Crippen LogP contribution in [0.3, 0.4) is 0 Å². The second kappa shape index (κ2) is 4.62. The molecule has 0 aliphatic carbocycles. The van der Waals surface area contributed by atoms with Gasteiger partial charge in [-0.25, -0.2) is 0 Å². The summed E-state index contributed by atoms with van der Waals surface area (Å²) in [5, 5.41) is 2.80. The van der Waals surface area contributed by atoms with E-state index in [1.165, 1.54) is 0 Å². The van der Waals surface area contributed by atoms with E-state index < -0.39 is 0 Å². The summed E-state index contributed by atoms with van der Waals surface area (Å²) >= 11 is 0. The van der Waals surface area contributed by atoms with E-state index in [9.17, 15) is 4.79 Å². The molecule has 79 valence electrons. The maximum Gasteiger partial charge on any atom is 0.255 e. The third-order valence-electron chi connectivity index (χ3n) is 2.35. The third-order valence-corrected chi connectivity index (χ3v) is 2.35. The molecule has 0 unspecified atom stereocenters. The average molecular weight is 210 g/mol. The van der Waals surface area contributed by atoms with Gasteiger partial charge in [0.05, 0.1) is 0 Å². The van der Waals surface area contributed by atoms with E-state index in [0.29, 0.717) is 11.3 Å². The van der Waals surface area contributed by atoms with Crippen LogP contribution in [0.1, 0.15) is 15.9 Å². The number of hydrogen-bond acceptors (Lipinski definition) is 1. The molecule has 0 aliphatic rings. The summed E-state index contributed by atoms with van der Waals surface area (Å²) in [6.07, 6.45) is 0. The zero-order valence-electron chi connectivity index (χ0n) is 9.03. The standard InChI is InChI=1S/C14H12NO/c1-11-7-5-6-10-13(11)14(16)15-12-8-3-2-4-9-12/h2-8,10H,1H3,(H,15,16). The molecule has 0 aromatic heterocycles. The molecule has 2 rings (SSSR count). The normalized spacial score (nSPS) is 9.81. The molecule has 0 heterocycles. The Morgan fingerprint density at radius 1 is 1.12 bits per heavy atom. The van der Waals surface area contributed by atoms with Crippen molar-refractivity contribution >= 4 is 11.6 Å². The minimum Gasteiger partial charge on any atom is -0.321 e. The summed E-state index contributed by atoms with van der Waals surface area (Å²) in [4.78, 5) is 11.9. The van der Waals surface area contributed by atoms with Gasteiger partial charge >= 0.3 is 0 Å². The van der Waals surface area contributed by atoms with Gasteiger partial charge in [-0.05, 0) is 24.6 Å². The average Bonchev–Trinajstić information content (AvgIpc) is 2.31. The summed E-state index contributed by atoms with van der Waals surface area (Å²) in [5.41, 5.74) is 2.35. The molecule has 2 heteroatoms. The number of aryl methyl sites for hydroxylation is 1. The molecular weight excluding hydrogens is 198 g/mol.